The topological polar surface area (TPSA) is 94.2 Å². The number of allylic oxidation sites excluding steroid dienone is 1. The van der Waals surface area contributed by atoms with Gasteiger partial charge in [-0.3, -0.25) is 4.79 Å². The first-order valence-electron chi connectivity index (χ1n) is 9.96. The van der Waals surface area contributed by atoms with Crippen LogP contribution in [-0.2, 0) is 19.6 Å². The zero-order valence-electron chi connectivity index (χ0n) is 17.8. The fraction of sp³-hybridized carbons (Fsp3) is 0.318. The van der Waals surface area contributed by atoms with Gasteiger partial charge in [0, 0.05) is 13.1 Å². The third-order valence-electron chi connectivity index (χ3n) is 4.73. The quantitative estimate of drug-likeness (QED) is 0.622. The van der Waals surface area contributed by atoms with Gasteiger partial charge in [-0.1, -0.05) is 29.8 Å². The number of anilines is 1. The fourth-order valence-electron chi connectivity index (χ4n) is 3.13. The summed E-state index contributed by atoms with van der Waals surface area (Å²) in [6.45, 7) is 2.83. The van der Waals surface area contributed by atoms with Crippen molar-refractivity contribution in [3.8, 4) is 11.5 Å². The van der Waals surface area contributed by atoms with Crippen molar-refractivity contribution in [1.29, 1.82) is 0 Å². The highest BCUT2D eigenvalue weighted by molar-refractivity contribution is 7.89. The van der Waals surface area contributed by atoms with Gasteiger partial charge in [0.2, 0.25) is 10.0 Å². The van der Waals surface area contributed by atoms with Crippen LogP contribution in [0.15, 0.2) is 47.4 Å². The number of carbonyl (C=O) groups is 1. The molecule has 172 valence electrons. The summed E-state index contributed by atoms with van der Waals surface area (Å²) in [5.74, 6) is 0.406. The number of halogens is 1. The van der Waals surface area contributed by atoms with E-state index < -0.39 is 15.9 Å². The van der Waals surface area contributed by atoms with Crippen LogP contribution in [0.3, 0.4) is 0 Å². The highest BCUT2D eigenvalue weighted by atomic mass is 35.5. The third-order valence-corrected chi connectivity index (χ3v) is 6.95. The zero-order chi connectivity index (χ0) is 23.1. The lowest BCUT2D eigenvalue weighted by Gasteiger charge is -2.26. The lowest BCUT2D eigenvalue weighted by Crippen LogP contribution is -2.40. The first-order chi connectivity index (χ1) is 15.3. The van der Waals surface area contributed by atoms with Crippen molar-refractivity contribution in [1.82, 2.24) is 4.31 Å². The van der Waals surface area contributed by atoms with Crippen molar-refractivity contribution in [2.24, 2.45) is 0 Å². The molecule has 1 fully saturated rings. The Bertz CT molecular complexity index is 1100. The summed E-state index contributed by atoms with van der Waals surface area (Å²) in [5, 5.41) is 2.82. The number of amides is 1. The molecule has 0 spiro atoms. The van der Waals surface area contributed by atoms with Gasteiger partial charge in [0.1, 0.15) is 0 Å². The van der Waals surface area contributed by atoms with Crippen molar-refractivity contribution in [3.63, 3.8) is 0 Å². The van der Waals surface area contributed by atoms with E-state index in [1.54, 1.807) is 12.1 Å². The van der Waals surface area contributed by atoms with Crippen LogP contribution in [-0.4, -0.2) is 58.7 Å². The lowest BCUT2D eigenvalue weighted by molar-refractivity contribution is -0.118. The standard InChI is InChI=1S/C22H25ClN2O6S/c1-3-4-16-5-8-20(21(13-16)29-2)31-15-22(26)24-19-14-17(6-7-18(19)23)32(27,28)25-9-11-30-12-10-25/h3-8,13-14H,9-12,15H2,1-2H3,(H,24,26)/b4-3+. The van der Waals surface area contributed by atoms with Crippen molar-refractivity contribution in [2.75, 3.05) is 45.3 Å². The Labute approximate surface area is 192 Å². The van der Waals surface area contributed by atoms with Crippen LogP contribution >= 0.6 is 11.6 Å². The summed E-state index contributed by atoms with van der Waals surface area (Å²) in [6.07, 6.45) is 3.82. The van der Waals surface area contributed by atoms with Gasteiger partial charge in [0.05, 0.1) is 35.9 Å². The maximum Gasteiger partial charge on any atom is 0.262 e. The molecule has 0 aliphatic carbocycles. The Morgan fingerprint density at radius 3 is 2.62 bits per heavy atom. The molecular weight excluding hydrogens is 456 g/mol. The summed E-state index contributed by atoms with van der Waals surface area (Å²) >= 11 is 6.18. The van der Waals surface area contributed by atoms with E-state index in [-0.39, 0.29) is 35.3 Å². The summed E-state index contributed by atoms with van der Waals surface area (Å²) in [7, 11) is -2.20. The molecule has 0 atom stereocenters. The molecule has 1 heterocycles. The lowest BCUT2D eigenvalue weighted by atomic mass is 10.2. The number of sulfonamides is 1. The smallest absolute Gasteiger partial charge is 0.262 e. The number of morpholine rings is 1. The predicted octanol–water partition coefficient (Wildman–Crippen LogP) is 3.42. The maximum absolute atomic E-state index is 12.9. The second kappa shape index (κ2) is 10.8. The van der Waals surface area contributed by atoms with E-state index in [4.69, 9.17) is 25.8 Å². The van der Waals surface area contributed by atoms with Gasteiger partial charge >= 0.3 is 0 Å². The Balaban J connectivity index is 1.69. The van der Waals surface area contributed by atoms with Gasteiger partial charge in [-0.25, -0.2) is 8.42 Å². The van der Waals surface area contributed by atoms with Gasteiger partial charge < -0.3 is 19.5 Å². The van der Waals surface area contributed by atoms with E-state index in [2.05, 4.69) is 5.32 Å². The highest BCUT2D eigenvalue weighted by Gasteiger charge is 2.27. The molecule has 0 aromatic heterocycles. The van der Waals surface area contributed by atoms with Gasteiger partial charge in [-0.2, -0.15) is 4.31 Å². The molecule has 1 aliphatic rings. The first-order valence-corrected chi connectivity index (χ1v) is 11.8. The predicted molar refractivity (Wildman–Crippen MR) is 123 cm³/mol. The number of nitrogens with zero attached hydrogens (tertiary/aromatic N) is 1. The van der Waals surface area contributed by atoms with Crippen molar-refractivity contribution in [3.05, 3.63) is 53.1 Å². The van der Waals surface area contributed by atoms with Crippen LogP contribution in [0.25, 0.3) is 6.08 Å². The molecule has 0 unspecified atom stereocenters. The van der Waals surface area contributed by atoms with Crippen molar-refractivity contribution >= 4 is 39.3 Å². The molecule has 1 aliphatic heterocycles. The second-order valence-corrected chi connectivity index (χ2v) is 9.25. The molecule has 2 aromatic carbocycles. The summed E-state index contributed by atoms with van der Waals surface area (Å²) in [6, 6.07) is 9.54. The number of hydrogen-bond acceptors (Lipinski definition) is 6. The fourth-order valence-corrected chi connectivity index (χ4v) is 4.73. The summed E-state index contributed by atoms with van der Waals surface area (Å²) in [5.41, 5.74) is 1.12. The molecule has 1 saturated heterocycles. The normalized spacial score (nSPS) is 15.0. The molecular formula is C22H25ClN2O6S. The van der Waals surface area contributed by atoms with Crippen LogP contribution in [0, 0.1) is 0 Å². The van der Waals surface area contributed by atoms with E-state index in [0.29, 0.717) is 24.7 Å². The van der Waals surface area contributed by atoms with E-state index >= 15 is 0 Å². The Kier molecular flexibility index (Phi) is 8.14. The number of rotatable bonds is 8. The van der Waals surface area contributed by atoms with Crippen LogP contribution < -0.4 is 14.8 Å². The number of nitrogens with one attached hydrogen (secondary N) is 1. The maximum atomic E-state index is 12.9. The molecule has 0 saturated carbocycles. The van der Waals surface area contributed by atoms with Gasteiger partial charge in [0.25, 0.3) is 5.91 Å². The van der Waals surface area contributed by atoms with E-state index in [0.717, 1.165) is 5.56 Å². The monoisotopic (exact) mass is 480 g/mol. The Hall–Kier alpha value is -2.59. The number of methoxy groups -OCH3 is 1. The molecule has 10 heteroatoms. The van der Waals surface area contributed by atoms with Crippen LogP contribution in [0.1, 0.15) is 12.5 Å². The molecule has 1 amide bonds. The van der Waals surface area contributed by atoms with Crippen LogP contribution in [0.5, 0.6) is 11.5 Å². The summed E-state index contributed by atoms with van der Waals surface area (Å²) < 4.78 is 43.2. The second-order valence-electron chi connectivity index (χ2n) is 6.91. The number of hydrogen-bond donors (Lipinski definition) is 1. The van der Waals surface area contributed by atoms with Crippen molar-refractivity contribution < 1.29 is 27.4 Å². The number of ether oxygens (including phenoxy) is 3. The highest BCUT2D eigenvalue weighted by Crippen LogP contribution is 2.30. The Morgan fingerprint density at radius 2 is 1.94 bits per heavy atom. The molecule has 2 aromatic rings. The average molecular weight is 481 g/mol. The van der Waals surface area contributed by atoms with Gasteiger partial charge in [-0.05, 0) is 42.8 Å². The molecule has 0 bridgehead atoms. The SMILES string of the molecule is C/C=C/c1ccc(OCC(=O)Nc2cc(S(=O)(=O)N3CCOCC3)ccc2Cl)c(OC)c1. The zero-order valence-corrected chi connectivity index (χ0v) is 19.4. The number of carbonyl (C=O) groups excluding carboxylic acids is 1. The van der Waals surface area contributed by atoms with E-state index in [9.17, 15) is 13.2 Å². The van der Waals surface area contributed by atoms with Crippen molar-refractivity contribution in [2.45, 2.75) is 11.8 Å². The largest absolute Gasteiger partial charge is 0.493 e. The first kappa shape index (κ1) is 24.1. The van der Waals surface area contributed by atoms with E-state index in [1.807, 2.05) is 25.1 Å². The molecule has 3 rings (SSSR count). The molecule has 1 N–H and O–H groups in total. The Morgan fingerprint density at radius 1 is 1.19 bits per heavy atom. The van der Waals surface area contributed by atoms with Crippen LogP contribution in [0.2, 0.25) is 5.02 Å². The number of benzene rings is 2. The van der Waals surface area contributed by atoms with E-state index in [1.165, 1.54) is 29.6 Å². The van der Waals surface area contributed by atoms with Crippen LogP contribution in [0.4, 0.5) is 5.69 Å². The minimum atomic E-state index is -3.72. The summed E-state index contributed by atoms with van der Waals surface area (Å²) in [4.78, 5) is 12.5. The average Bonchev–Trinajstić information content (AvgIpc) is 2.80. The minimum Gasteiger partial charge on any atom is -0.493 e. The van der Waals surface area contributed by atoms with Gasteiger partial charge in [0.15, 0.2) is 18.1 Å². The molecule has 0 radical (unpaired) electrons. The minimum absolute atomic E-state index is 0.0428. The molecule has 8 nitrogen and oxygen atoms in total. The molecule has 32 heavy (non-hydrogen) atoms. The van der Waals surface area contributed by atoms with Gasteiger partial charge in [-0.15, -0.1) is 0 Å². The third kappa shape index (κ3) is 5.80.